The van der Waals surface area contributed by atoms with Crippen molar-refractivity contribution in [3.63, 3.8) is 0 Å². The number of ether oxygens (including phenoxy) is 2. The Morgan fingerprint density at radius 1 is 1.33 bits per heavy atom. The van der Waals surface area contributed by atoms with Gasteiger partial charge in [0.25, 0.3) is 0 Å². The molecule has 0 fully saturated rings. The Balaban J connectivity index is 2.19. The minimum Gasteiger partial charge on any atom is -0.392 e. The molecule has 134 valence electrons. The molecule has 0 saturated carbocycles. The fourth-order valence-corrected chi connectivity index (χ4v) is 2.35. The number of nitrogens with two attached hydrogens (primary N) is 1. The molecule has 2 atom stereocenters. The summed E-state index contributed by atoms with van der Waals surface area (Å²) < 4.78 is 27.2. The Bertz CT molecular complexity index is 720. The van der Waals surface area contributed by atoms with E-state index in [4.69, 9.17) is 25.0 Å². The lowest BCUT2D eigenvalue weighted by Crippen LogP contribution is -2.30. The van der Waals surface area contributed by atoms with Gasteiger partial charge in [-0.2, -0.15) is 0 Å². The summed E-state index contributed by atoms with van der Waals surface area (Å²) in [5, 5.41) is 9.59. The average molecular weight is 363 g/mol. The van der Waals surface area contributed by atoms with E-state index in [-0.39, 0.29) is 12.4 Å². The van der Waals surface area contributed by atoms with Crippen LogP contribution in [-0.4, -0.2) is 67.4 Å². The van der Waals surface area contributed by atoms with Crippen LogP contribution in [0.15, 0.2) is 12.7 Å². The van der Waals surface area contributed by atoms with Gasteiger partial charge in [0.05, 0.1) is 26.1 Å². The molecule has 0 aliphatic heterocycles. The molecule has 1 unspecified atom stereocenters. The molecule has 5 N–H and O–H groups in total. The summed E-state index contributed by atoms with van der Waals surface area (Å²) in [6, 6.07) is 0. The quantitative estimate of drug-likeness (QED) is 0.404. The molecule has 0 saturated heterocycles. The lowest BCUT2D eigenvalue weighted by molar-refractivity contribution is -0.114. The van der Waals surface area contributed by atoms with Crippen molar-refractivity contribution >= 4 is 24.8 Å². The van der Waals surface area contributed by atoms with Gasteiger partial charge in [0.15, 0.2) is 17.7 Å². The maximum Gasteiger partial charge on any atom is 0.469 e. The van der Waals surface area contributed by atoms with Gasteiger partial charge < -0.3 is 30.1 Å². The number of imidazole rings is 1. The normalized spacial score (nSPS) is 14.8. The van der Waals surface area contributed by atoms with Gasteiger partial charge in [0, 0.05) is 7.11 Å². The Morgan fingerprint density at radius 3 is 2.71 bits per heavy atom. The molecule has 0 amide bonds. The highest BCUT2D eigenvalue weighted by Gasteiger charge is 2.24. The number of nitrogen functional groups attached to an aromatic ring is 1. The molecule has 2 aromatic rings. The molecular formula is C11H18N5O7P. The van der Waals surface area contributed by atoms with Crippen molar-refractivity contribution in [3.05, 3.63) is 12.7 Å². The van der Waals surface area contributed by atoms with Crippen LogP contribution in [0.2, 0.25) is 0 Å². The Kier molecular flexibility index (Phi) is 6.18. The summed E-state index contributed by atoms with van der Waals surface area (Å²) in [4.78, 5) is 29.5. The fraction of sp³-hybridized carbons (Fsp3) is 0.545. The first-order valence-corrected chi connectivity index (χ1v) is 8.27. The molecular weight excluding hydrogens is 345 g/mol. The number of fused-ring (bicyclic) bond motifs is 1. The molecule has 0 radical (unpaired) electrons. The number of hydrogen-bond donors (Lipinski definition) is 4. The maximum atomic E-state index is 10.8. The molecule has 24 heavy (non-hydrogen) atoms. The third kappa shape index (κ3) is 4.68. The molecule has 13 heteroatoms. The second kappa shape index (κ2) is 7.94. The molecule has 0 spiro atoms. The summed E-state index contributed by atoms with van der Waals surface area (Å²) in [5.74, 6) is 0.175. The minimum atomic E-state index is -4.66. The smallest absolute Gasteiger partial charge is 0.392 e. The van der Waals surface area contributed by atoms with Crippen LogP contribution in [-0.2, 0) is 18.6 Å². The lowest BCUT2D eigenvalue weighted by atomic mass is 10.4. The number of hydrogen-bond acceptors (Lipinski definition) is 9. The van der Waals surface area contributed by atoms with E-state index in [9.17, 15) is 9.67 Å². The zero-order valence-electron chi connectivity index (χ0n) is 12.7. The summed E-state index contributed by atoms with van der Waals surface area (Å²) in [7, 11) is -3.26. The molecule has 0 bridgehead atoms. The highest BCUT2D eigenvalue weighted by Crippen LogP contribution is 2.36. The van der Waals surface area contributed by atoms with Gasteiger partial charge in [-0.15, -0.1) is 0 Å². The second-order valence-electron chi connectivity index (χ2n) is 4.72. The number of rotatable bonds is 9. The van der Waals surface area contributed by atoms with Crippen molar-refractivity contribution in [2.45, 2.75) is 12.3 Å². The predicted octanol–water partition coefficient (Wildman–Crippen LogP) is -0.960. The number of phosphoric ester groups is 1. The highest BCUT2D eigenvalue weighted by atomic mass is 31.2. The van der Waals surface area contributed by atoms with E-state index in [1.54, 1.807) is 0 Å². The maximum absolute atomic E-state index is 10.8. The Morgan fingerprint density at radius 2 is 2.08 bits per heavy atom. The van der Waals surface area contributed by atoms with E-state index in [0.29, 0.717) is 11.2 Å². The molecule has 2 rings (SSSR count). The van der Waals surface area contributed by atoms with Crippen molar-refractivity contribution in [3.8, 4) is 0 Å². The highest BCUT2D eigenvalue weighted by molar-refractivity contribution is 7.46. The summed E-state index contributed by atoms with van der Waals surface area (Å²) in [6.07, 6.45) is 0.819. The van der Waals surface area contributed by atoms with Crippen molar-refractivity contribution in [2.75, 3.05) is 32.7 Å². The number of methoxy groups -OCH3 is 1. The van der Waals surface area contributed by atoms with Gasteiger partial charge >= 0.3 is 7.82 Å². The third-order valence-electron chi connectivity index (χ3n) is 2.98. The number of aromatic nitrogens is 4. The zero-order valence-corrected chi connectivity index (χ0v) is 13.6. The first-order valence-electron chi connectivity index (χ1n) is 6.74. The summed E-state index contributed by atoms with van der Waals surface area (Å²) in [5.41, 5.74) is 6.38. The van der Waals surface area contributed by atoms with Gasteiger partial charge in [0.1, 0.15) is 17.9 Å². The van der Waals surface area contributed by atoms with E-state index in [0.717, 1.165) is 0 Å². The second-order valence-corrected chi connectivity index (χ2v) is 5.96. The van der Waals surface area contributed by atoms with Gasteiger partial charge in [0.2, 0.25) is 0 Å². The van der Waals surface area contributed by atoms with Crippen LogP contribution in [0.5, 0.6) is 0 Å². The number of aliphatic hydroxyl groups is 1. The van der Waals surface area contributed by atoms with Crippen molar-refractivity contribution in [1.82, 2.24) is 19.5 Å². The van der Waals surface area contributed by atoms with Crippen LogP contribution in [0.1, 0.15) is 6.23 Å². The predicted molar refractivity (Wildman–Crippen MR) is 80.6 cm³/mol. The van der Waals surface area contributed by atoms with Gasteiger partial charge in [-0.25, -0.2) is 19.5 Å². The molecule has 0 aliphatic rings. The summed E-state index contributed by atoms with van der Waals surface area (Å²) >= 11 is 0. The number of phosphoric acid groups is 1. The molecule has 0 aliphatic carbocycles. The van der Waals surface area contributed by atoms with E-state index < -0.39 is 33.4 Å². The van der Waals surface area contributed by atoms with Gasteiger partial charge in [-0.1, -0.05) is 0 Å². The molecule has 0 aromatic carbocycles. The fourth-order valence-electron chi connectivity index (χ4n) is 1.99. The Hall–Kier alpha value is -1.66. The largest absolute Gasteiger partial charge is 0.469 e. The first-order chi connectivity index (χ1) is 11.4. The molecule has 2 heterocycles. The van der Waals surface area contributed by atoms with Crippen LogP contribution >= 0.6 is 7.82 Å². The number of anilines is 1. The van der Waals surface area contributed by atoms with Crippen molar-refractivity contribution in [2.24, 2.45) is 0 Å². The first kappa shape index (κ1) is 18.7. The standard InChI is InChI=1S/C11H18N5O7P/c1-21-3-7(4-22-24(18,19)20)23-8(2-17)16-6-15-9-10(12)13-5-14-11(9)16/h5-8,17H,2-4H2,1H3,(H2,12,13,14)(H2,18,19,20)/t7-,8?/m0/s1. The van der Waals surface area contributed by atoms with Crippen molar-refractivity contribution in [1.29, 1.82) is 0 Å². The Labute approximate surface area is 136 Å². The number of nitrogens with zero attached hydrogens (tertiary/aromatic N) is 4. The lowest BCUT2D eigenvalue weighted by Gasteiger charge is -2.24. The average Bonchev–Trinajstić information content (AvgIpc) is 2.94. The topological polar surface area (TPSA) is 175 Å². The van der Waals surface area contributed by atoms with Gasteiger partial charge in [-0.05, 0) is 0 Å². The van der Waals surface area contributed by atoms with E-state index in [2.05, 4.69) is 19.5 Å². The number of aliphatic hydroxyl groups excluding tert-OH is 1. The third-order valence-corrected chi connectivity index (χ3v) is 3.47. The van der Waals surface area contributed by atoms with E-state index in [1.165, 1.54) is 24.3 Å². The SMILES string of the molecule is COC[C@@H](COP(=O)(O)O)OC(CO)n1cnc2c(N)ncnc21. The van der Waals surface area contributed by atoms with Crippen molar-refractivity contribution < 1.29 is 33.5 Å². The van der Waals surface area contributed by atoms with Gasteiger partial charge in [-0.3, -0.25) is 9.09 Å². The minimum absolute atomic E-state index is 0.0136. The summed E-state index contributed by atoms with van der Waals surface area (Å²) in [6.45, 7) is -0.899. The van der Waals surface area contributed by atoms with Crippen LogP contribution in [0, 0.1) is 0 Å². The van der Waals surface area contributed by atoms with E-state index >= 15 is 0 Å². The zero-order chi connectivity index (χ0) is 17.7. The van der Waals surface area contributed by atoms with E-state index in [1.807, 2.05) is 0 Å². The van der Waals surface area contributed by atoms with Crippen LogP contribution in [0.25, 0.3) is 11.2 Å². The molecule has 12 nitrogen and oxygen atoms in total. The van der Waals surface area contributed by atoms with Crippen LogP contribution < -0.4 is 5.73 Å². The molecule has 2 aromatic heterocycles. The monoisotopic (exact) mass is 363 g/mol. The van der Waals surface area contributed by atoms with Crippen LogP contribution in [0.3, 0.4) is 0 Å². The van der Waals surface area contributed by atoms with Crippen LogP contribution in [0.4, 0.5) is 5.82 Å².